The van der Waals surface area contributed by atoms with Gasteiger partial charge in [0.15, 0.2) is 24.1 Å². The fraction of sp³-hybridized carbons (Fsp3) is 0.154. The van der Waals surface area contributed by atoms with E-state index in [0.717, 1.165) is 0 Å². The molecule has 3 rings (SSSR count). The third-order valence-electron chi connectivity index (χ3n) is 4.99. The number of carbonyl (C=O) groups is 4. The van der Waals surface area contributed by atoms with Crippen molar-refractivity contribution in [2.45, 2.75) is 6.04 Å². The molecular formula is C26H25N3O7. The van der Waals surface area contributed by atoms with Crippen LogP contribution in [-0.2, 0) is 14.3 Å². The number of esters is 1. The molecule has 0 aliphatic heterocycles. The van der Waals surface area contributed by atoms with Crippen molar-refractivity contribution >= 4 is 23.7 Å². The van der Waals surface area contributed by atoms with Gasteiger partial charge >= 0.3 is 5.97 Å². The van der Waals surface area contributed by atoms with E-state index in [0.29, 0.717) is 22.6 Å². The van der Waals surface area contributed by atoms with Crippen LogP contribution in [0.1, 0.15) is 32.3 Å². The smallest absolute Gasteiger partial charge is 0.333 e. The molecule has 10 heteroatoms. The molecule has 3 aromatic rings. The van der Waals surface area contributed by atoms with Crippen LogP contribution in [0.4, 0.5) is 0 Å². The molecular weight excluding hydrogens is 466 g/mol. The molecule has 0 spiro atoms. The Bertz CT molecular complexity index is 1220. The van der Waals surface area contributed by atoms with Gasteiger partial charge in [-0.05, 0) is 35.9 Å². The summed E-state index contributed by atoms with van der Waals surface area (Å²) in [5, 5.41) is 2.63. The monoisotopic (exact) mass is 491 g/mol. The molecule has 0 bridgehead atoms. The Morgan fingerprint density at radius 1 is 0.722 bits per heavy atom. The number of carbonyl (C=O) groups excluding carboxylic acids is 4. The lowest BCUT2D eigenvalue weighted by molar-refractivity contribution is -0.150. The lowest BCUT2D eigenvalue weighted by Crippen LogP contribution is -2.44. The van der Waals surface area contributed by atoms with Crippen molar-refractivity contribution in [3.63, 3.8) is 0 Å². The van der Waals surface area contributed by atoms with E-state index in [4.69, 9.17) is 14.2 Å². The molecule has 0 aliphatic rings. The first-order valence-corrected chi connectivity index (χ1v) is 10.8. The van der Waals surface area contributed by atoms with Crippen LogP contribution in [-0.4, -0.2) is 44.5 Å². The van der Waals surface area contributed by atoms with Crippen LogP contribution in [0.2, 0.25) is 0 Å². The van der Waals surface area contributed by atoms with Gasteiger partial charge in [-0.25, -0.2) is 4.79 Å². The first kappa shape index (κ1) is 25.8. The molecule has 3 N–H and O–H groups in total. The molecule has 0 fully saturated rings. The van der Waals surface area contributed by atoms with Gasteiger partial charge in [-0.15, -0.1) is 0 Å². The Hall–Kier alpha value is -4.86. The fourth-order valence-electron chi connectivity index (χ4n) is 3.16. The van der Waals surface area contributed by atoms with E-state index >= 15 is 0 Å². The average molecular weight is 492 g/mol. The highest BCUT2D eigenvalue weighted by molar-refractivity contribution is 5.98. The highest BCUT2D eigenvalue weighted by Gasteiger charge is 2.25. The van der Waals surface area contributed by atoms with E-state index in [9.17, 15) is 19.2 Å². The maximum atomic E-state index is 12.8. The maximum Gasteiger partial charge on any atom is 0.333 e. The van der Waals surface area contributed by atoms with Gasteiger partial charge in [0.05, 0.1) is 14.2 Å². The molecule has 3 amide bonds. The Morgan fingerprint density at radius 2 is 1.36 bits per heavy atom. The number of nitrogens with one attached hydrogen (secondary N) is 3. The van der Waals surface area contributed by atoms with Crippen LogP contribution < -0.4 is 25.6 Å². The first-order valence-electron chi connectivity index (χ1n) is 10.8. The van der Waals surface area contributed by atoms with Gasteiger partial charge in [0, 0.05) is 11.1 Å². The largest absolute Gasteiger partial charge is 0.493 e. The van der Waals surface area contributed by atoms with Crippen LogP contribution in [0.3, 0.4) is 0 Å². The van der Waals surface area contributed by atoms with Crippen LogP contribution >= 0.6 is 0 Å². The van der Waals surface area contributed by atoms with E-state index in [2.05, 4.69) is 16.2 Å². The minimum Gasteiger partial charge on any atom is -0.493 e. The molecule has 186 valence electrons. The Kier molecular flexibility index (Phi) is 8.99. The van der Waals surface area contributed by atoms with Gasteiger partial charge in [0.1, 0.15) is 0 Å². The summed E-state index contributed by atoms with van der Waals surface area (Å²) < 4.78 is 15.4. The summed E-state index contributed by atoms with van der Waals surface area (Å²) in [6.07, 6.45) is 0. The second kappa shape index (κ2) is 12.6. The van der Waals surface area contributed by atoms with E-state index < -0.39 is 36.3 Å². The van der Waals surface area contributed by atoms with E-state index in [1.807, 2.05) is 0 Å². The van der Waals surface area contributed by atoms with Crippen molar-refractivity contribution in [1.82, 2.24) is 16.2 Å². The zero-order chi connectivity index (χ0) is 25.9. The van der Waals surface area contributed by atoms with Crippen LogP contribution in [0, 0.1) is 0 Å². The lowest BCUT2D eigenvalue weighted by Gasteiger charge is -2.18. The molecule has 36 heavy (non-hydrogen) atoms. The van der Waals surface area contributed by atoms with Crippen molar-refractivity contribution in [2.24, 2.45) is 0 Å². The maximum absolute atomic E-state index is 12.8. The van der Waals surface area contributed by atoms with Crippen LogP contribution in [0.25, 0.3) is 0 Å². The molecule has 0 aromatic heterocycles. The zero-order valence-corrected chi connectivity index (χ0v) is 19.6. The molecule has 3 aromatic carbocycles. The van der Waals surface area contributed by atoms with Crippen molar-refractivity contribution in [1.29, 1.82) is 0 Å². The fourth-order valence-corrected chi connectivity index (χ4v) is 3.16. The molecule has 0 heterocycles. The summed E-state index contributed by atoms with van der Waals surface area (Å²) in [7, 11) is 2.90. The molecule has 0 aliphatic carbocycles. The summed E-state index contributed by atoms with van der Waals surface area (Å²) in [5.74, 6) is -1.93. The predicted molar refractivity (Wildman–Crippen MR) is 129 cm³/mol. The van der Waals surface area contributed by atoms with Gasteiger partial charge in [-0.2, -0.15) is 0 Å². The van der Waals surface area contributed by atoms with Gasteiger partial charge in [0.2, 0.25) is 0 Å². The van der Waals surface area contributed by atoms with Gasteiger partial charge in [0.25, 0.3) is 17.7 Å². The van der Waals surface area contributed by atoms with Gasteiger partial charge in [-0.3, -0.25) is 25.2 Å². The lowest BCUT2D eigenvalue weighted by atomic mass is 10.1. The topological polar surface area (TPSA) is 132 Å². The number of hydrogen-bond acceptors (Lipinski definition) is 7. The number of ether oxygens (including phenoxy) is 3. The number of amides is 3. The minimum absolute atomic E-state index is 0.206. The molecule has 0 saturated heterocycles. The number of benzene rings is 3. The number of hydrazine groups is 1. The third kappa shape index (κ3) is 6.83. The standard InChI is InChI=1S/C26H25N3O7/c1-34-20-14-13-19(15-21(20)35-2)25(32)29-28-22(30)16-36-26(33)23(17-9-5-3-6-10-17)27-24(31)18-11-7-4-8-12-18/h3-15,23H,16H2,1-2H3,(H,27,31)(H,28,30)(H,29,32). The number of methoxy groups -OCH3 is 2. The molecule has 0 radical (unpaired) electrons. The third-order valence-corrected chi connectivity index (χ3v) is 4.99. The Balaban J connectivity index is 1.58. The quantitative estimate of drug-likeness (QED) is 0.309. The highest BCUT2D eigenvalue weighted by Crippen LogP contribution is 2.27. The normalized spacial score (nSPS) is 10.9. The summed E-state index contributed by atoms with van der Waals surface area (Å²) in [5.41, 5.74) is 5.45. The minimum atomic E-state index is -1.15. The molecule has 0 saturated carbocycles. The molecule has 1 unspecified atom stereocenters. The van der Waals surface area contributed by atoms with Crippen LogP contribution in [0.5, 0.6) is 11.5 Å². The first-order chi connectivity index (χ1) is 17.4. The Labute approximate surface area is 207 Å². The second-order valence-electron chi connectivity index (χ2n) is 7.36. The zero-order valence-electron chi connectivity index (χ0n) is 19.6. The molecule has 1 atom stereocenters. The van der Waals surface area contributed by atoms with E-state index in [-0.39, 0.29) is 5.56 Å². The highest BCUT2D eigenvalue weighted by atomic mass is 16.5. The van der Waals surface area contributed by atoms with Gasteiger partial charge in [-0.1, -0.05) is 48.5 Å². The molecule has 10 nitrogen and oxygen atoms in total. The Morgan fingerprint density at radius 3 is 2.00 bits per heavy atom. The summed E-state index contributed by atoms with van der Waals surface area (Å²) in [6, 6.07) is 20.2. The SMILES string of the molecule is COc1ccc(C(=O)NNC(=O)COC(=O)C(NC(=O)c2ccccc2)c2ccccc2)cc1OC. The predicted octanol–water partition coefficient (Wildman–Crippen LogP) is 2.18. The van der Waals surface area contributed by atoms with E-state index in [1.54, 1.807) is 66.7 Å². The van der Waals surface area contributed by atoms with Crippen LogP contribution in [0.15, 0.2) is 78.9 Å². The van der Waals surface area contributed by atoms with Crippen molar-refractivity contribution < 1.29 is 33.4 Å². The van der Waals surface area contributed by atoms with E-state index in [1.165, 1.54) is 26.4 Å². The second-order valence-corrected chi connectivity index (χ2v) is 7.36. The van der Waals surface area contributed by atoms with Gasteiger partial charge < -0.3 is 19.5 Å². The van der Waals surface area contributed by atoms with Crippen molar-refractivity contribution in [2.75, 3.05) is 20.8 Å². The number of rotatable bonds is 9. The summed E-state index contributed by atoms with van der Waals surface area (Å²) >= 11 is 0. The average Bonchev–Trinajstić information content (AvgIpc) is 2.93. The summed E-state index contributed by atoms with van der Waals surface area (Å²) in [6.45, 7) is -0.685. The van der Waals surface area contributed by atoms with Crippen molar-refractivity contribution in [3.8, 4) is 11.5 Å². The number of hydrogen-bond donors (Lipinski definition) is 3. The van der Waals surface area contributed by atoms with Crippen molar-refractivity contribution in [3.05, 3.63) is 95.6 Å². The summed E-state index contributed by atoms with van der Waals surface area (Å²) in [4.78, 5) is 49.9.